The van der Waals surface area contributed by atoms with Crippen LogP contribution in [0.15, 0.2) is 60.8 Å². The van der Waals surface area contributed by atoms with Crippen LogP contribution in [0.3, 0.4) is 0 Å². The Kier molecular flexibility index (Phi) is 50.4. The lowest BCUT2D eigenvalue weighted by Gasteiger charge is -2.48. The maximum absolute atomic E-state index is 13.4. The summed E-state index contributed by atoms with van der Waals surface area (Å²) in [5.74, 6) is -0.275. The number of aliphatic hydroxyl groups is 11. The highest BCUT2D eigenvalue weighted by Crippen LogP contribution is 2.33. The zero-order valence-corrected chi connectivity index (χ0v) is 57.5. The Morgan fingerprint density at radius 1 is 0.398 bits per heavy atom. The second-order valence-corrected chi connectivity index (χ2v) is 26.4. The molecule has 3 fully saturated rings. The van der Waals surface area contributed by atoms with Gasteiger partial charge in [-0.05, 0) is 57.8 Å². The average molecular weight is 1320 g/mol. The number of aliphatic hydroxyl groups excluding tert-OH is 11. The fourth-order valence-corrected chi connectivity index (χ4v) is 12.4. The van der Waals surface area contributed by atoms with Crippen molar-refractivity contribution in [1.29, 1.82) is 0 Å². The molecule has 12 N–H and O–H groups in total. The lowest BCUT2D eigenvalue weighted by molar-refractivity contribution is -0.379. The van der Waals surface area contributed by atoms with E-state index in [1.165, 1.54) is 173 Å². The van der Waals surface area contributed by atoms with Crippen LogP contribution in [0, 0.1) is 0 Å². The van der Waals surface area contributed by atoms with Gasteiger partial charge in [0.2, 0.25) is 5.91 Å². The summed E-state index contributed by atoms with van der Waals surface area (Å²) in [6.45, 7) is 1.59. The molecule has 0 radical (unpaired) electrons. The first-order chi connectivity index (χ1) is 45.3. The quantitative estimate of drug-likeness (QED) is 0.0199. The van der Waals surface area contributed by atoms with E-state index in [9.17, 15) is 61.0 Å². The Morgan fingerprint density at radius 3 is 1.16 bits per heavy atom. The van der Waals surface area contributed by atoms with Gasteiger partial charge in [0, 0.05) is 6.42 Å². The lowest BCUT2D eigenvalue weighted by atomic mass is 9.96. The molecular weight excluding hydrogens is 1190 g/mol. The summed E-state index contributed by atoms with van der Waals surface area (Å²) in [5, 5.41) is 120. The largest absolute Gasteiger partial charge is 0.394 e. The van der Waals surface area contributed by atoms with Crippen LogP contribution in [-0.4, -0.2) is 193 Å². The number of unbranched alkanes of at least 4 members (excludes halogenated alkanes) is 33. The number of amides is 1. The molecule has 19 nitrogen and oxygen atoms in total. The van der Waals surface area contributed by atoms with Crippen molar-refractivity contribution in [3.63, 3.8) is 0 Å². The first kappa shape index (κ1) is 84.7. The van der Waals surface area contributed by atoms with Gasteiger partial charge < -0.3 is 89.9 Å². The van der Waals surface area contributed by atoms with Crippen molar-refractivity contribution in [2.24, 2.45) is 0 Å². The van der Waals surface area contributed by atoms with Gasteiger partial charge in [0.25, 0.3) is 0 Å². The predicted molar refractivity (Wildman–Crippen MR) is 365 cm³/mol. The van der Waals surface area contributed by atoms with Crippen molar-refractivity contribution < 1.29 is 89.4 Å². The van der Waals surface area contributed by atoms with Gasteiger partial charge in [-0.2, -0.15) is 0 Å². The third-order valence-electron chi connectivity index (χ3n) is 18.3. The first-order valence-electron chi connectivity index (χ1n) is 37.0. The van der Waals surface area contributed by atoms with Crippen molar-refractivity contribution in [2.75, 3.05) is 26.4 Å². The number of hydrogen-bond donors (Lipinski definition) is 12. The van der Waals surface area contributed by atoms with E-state index in [2.05, 4.69) is 67.8 Å². The molecule has 1 amide bonds. The third-order valence-corrected chi connectivity index (χ3v) is 18.3. The molecule has 93 heavy (non-hydrogen) atoms. The molecule has 0 aliphatic carbocycles. The van der Waals surface area contributed by atoms with Crippen LogP contribution in [-0.2, 0) is 33.2 Å². The topological polar surface area (TPSA) is 307 Å². The van der Waals surface area contributed by atoms with Crippen molar-refractivity contribution in [3.8, 4) is 0 Å². The van der Waals surface area contributed by atoms with E-state index in [0.717, 1.165) is 70.6 Å². The highest BCUT2D eigenvalue weighted by Gasteiger charge is 2.53. The number of allylic oxidation sites excluding steroid dienone is 9. The van der Waals surface area contributed by atoms with Gasteiger partial charge in [-0.3, -0.25) is 4.79 Å². The van der Waals surface area contributed by atoms with Crippen LogP contribution in [0.2, 0.25) is 0 Å². The van der Waals surface area contributed by atoms with Gasteiger partial charge in [-0.1, -0.05) is 267 Å². The maximum atomic E-state index is 13.4. The molecule has 0 bridgehead atoms. The number of carbonyl (C=O) groups excluding carboxylic acids is 1. The molecule has 0 aromatic rings. The van der Waals surface area contributed by atoms with Gasteiger partial charge in [-0.25, -0.2) is 0 Å². The van der Waals surface area contributed by atoms with E-state index in [4.69, 9.17) is 28.4 Å². The van der Waals surface area contributed by atoms with Crippen LogP contribution in [0.4, 0.5) is 0 Å². The number of hydrogen-bond acceptors (Lipinski definition) is 18. The Morgan fingerprint density at radius 2 is 0.742 bits per heavy atom. The highest BCUT2D eigenvalue weighted by atomic mass is 16.8. The minimum absolute atomic E-state index is 0.246. The van der Waals surface area contributed by atoms with Gasteiger partial charge >= 0.3 is 0 Å². The maximum Gasteiger partial charge on any atom is 0.220 e. The van der Waals surface area contributed by atoms with Crippen molar-refractivity contribution >= 4 is 5.91 Å². The summed E-state index contributed by atoms with van der Waals surface area (Å²) in [6.07, 6.45) is 42.7. The molecule has 17 atom stereocenters. The summed E-state index contributed by atoms with van der Waals surface area (Å²) in [7, 11) is 0. The van der Waals surface area contributed by atoms with Crippen LogP contribution in [0.1, 0.15) is 271 Å². The Bertz CT molecular complexity index is 1920. The number of ether oxygens (including phenoxy) is 6. The Hall–Kier alpha value is -2.51. The van der Waals surface area contributed by atoms with E-state index in [1.807, 2.05) is 6.08 Å². The molecule has 542 valence electrons. The molecule has 0 aromatic heterocycles. The van der Waals surface area contributed by atoms with Crippen LogP contribution in [0.5, 0.6) is 0 Å². The minimum Gasteiger partial charge on any atom is -0.394 e. The summed E-state index contributed by atoms with van der Waals surface area (Å²) >= 11 is 0. The second kappa shape index (κ2) is 55.4. The molecule has 3 aliphatic heterocycles. The number of nitrogens with one attached hydrogen (secondary N) is 1. The van der Waals surface area contributed by atoms with Crippen LogP contribution in [0.25, 0.3) is 0 Å². The van der Waals surface area contributed by atoms with Gasteiger partial charge in [0.1, 0.15) is 73.2 Å². The second-order valence-electron chi connectivity index (χ2n) is 26.4. The molecule has 0 saturated carbocycles. The van der Waals surface area contributed by atoms with E-state index >= 15 is 0 Å². The molecule has 3 heterocycles. The molecule has 3 rings (SSSR count). The molecular formula is C74H133NO18. The SMILES string of the molecule is CC/C=C\C/C=C\C/C=C\C/C=C\CCCCCCCCCCCCCCCCCCCCCCCCCCCCC(=O)NC(COC1OC(CO)C(OC2OC(CO)C(OC3OC(CO)C(O)C(O)C3O)C(O)C2O)C(O)C1O)C(O)/C=C/CCCCCCCCC. The lowest BCUT2D eigenvalue weighted by Crippen LogP contribution is -2.66. The van der Waals surface area contributed by atoms with Gasteiger partial charge in [0.05, 0.1) is 38.6 Å². The number of carbonyl (C=O) groups is 1. The zero-order valence-electron chi connectivity index (χ0n) is 57.5. The molecule has 17 unspecified atom stereocenters. The monoisotopic (exact) mass is 1320 g/mol. The predicted octanol–water partition coefficient (Wildman–Crippen LogP) is 10.7. The normalized spacial score (nSPS) is 27.9. The third kappa shape index (κ3) is 36.8. The fraction of sp³-hybridized carbons (Fsp3) is 0.851. The summed E-state index contributed by atoms with van der Waals surface area (Å²) in [5.41, 5.74) is 0. The number of rotatable bonds is 57. The first-order valence-corrected chi connectivity index (χ1v) is 37.0. The molecule has 3 aliphatic rings. The van der Waals surface area contributed by atoms with Crippen molar-refractivity contribution in [2.45, 2.75) is 375 Å². The van der Waals surface area contributed by atoms with E-state index in [-0.39, 0.29) is 18.9 Å². The Labute approximate surface area is 560 Å². The van der Waals surface area contributed by atoms with Gasteiger partial charge in [-0.15, -0.1) is 0 Å². The van der Waals surface area contributed by atoms with E-state index in [1.54, 1.807) is 6.08 Å². The summed E-state index contributed by atoms with van der Waals surface area (Å²) in [4.78, 5) is 13.4. The average Bonchev–Trinajstić information content (AvgIpc) is 0.828. The molecule has 0 spiro atoms. The van der Waals surface area contributed by atoms with E-state index in [0.29, 0.717) is 6.42 Å². The van der Waals surface area contributed by atoms with Crippen LogP contribution >= 0.6 is 0 Å². The molecule has 0 aromatic carbocycles. The van der Waals surface area contributed by atoms with E-state index < -0.39 is 124 Å². The summed E-state index contributed by atoms with van der Waals surface area (Å²) in [6, 6.07) is -0.970. The van der Waals surface area contributed by atoms with Crippen molar-refractivity contribution in [1.82, 2.24) is 5.32 Å². The Balaban J connectivity index is 1.25. The highest BCUT2D eigenvalue weighted by molar-refractivity contribution is 5.76. The van der Waals surface area contributed by atoms with Crippen molar-refractivity contribution in [3.05, 3.63) is 60.8 Å². The molecule has 19 heteroatoms. The van der Waals surface area contributed by atoms with Gasteiger partial charge in [0.15, 0.2) is 18.9 Å². The minimum atomic E-state index is -1.98. The standard InChI is InChI=1S/C74H133NO18/c1-3-5-7-9-11-13-14-15-16-17-18-19-20-21-22-23-24-25-26-27-28-29-30-31-32-33-34-35-36-37-38-39-40-41-42-44-46-48-50-52-62(80)75-57(58(79)51-49-47-45-43-12-10-8-6-4-2)56-88-72-68(86)65(83)70(60(54-77)90-72)93-74-69(87)66(84)71(61(55-78)91-74)92-73-67(85)64(82)63(81)59(53-76)89-73/h5,7,11,13,15-16,18-19,49,51,57-61,63-74,76-79,81-87H,3-4,6,8-10,12,14,17,20-48,50,52-56H2,1-2H3,(H,75,80)/b7-5-,13-11-,16-15-,19-18-,51-49+. The fourth-order valence-electron chi connectivity index (χ4n) is 12.4. The van der Waals surface area contributed by atoms with Crippen LogP contribution < -0.4 is 5.32 Å². The summed E-state index contributed by atoms with van der Waals surface area (Å²) < 4.78 is 34.3. The zero-order chi connectivity index (χ0) is 67.5. The smallest absolute Gasteiger partial charge is 0.220 e. The molecule has 3 saturated heterocycles.